The van der Waals surface area contributed by atoms with E-state index < -0.39 is 0 Å². The van der Waals surface area contributed by atoms with Crippen LogP contribution in [0.2, 0.25) is 0 Å². The average Bonchev–Trinajstić information content (AvgIpc) is 3.28. The number of halogens is 1. The first-order chi connectivity index (χ1) is 16.0. The average molecular weight is 463 g/mol. The highest BCUT2D eigenvalue weighted by Crippen LogP contribution is 2.29. The number of nitrogens with zero attached hydrogens (tertiary/aromatic N) is 4. The fraction of sp³-hybridized carbons (Fsp3) is 0.160. The first-order valence-corrected chi connectivity index (χ1v) is 11.3. The van der Waals surface area contributed by atoms with Gasteiger partial charge in [-0.1, -0.05) is 42.1 Å². The van der Waals surface area contributed by atoms with Gasteiger partial charge in [-0.05, 0) is 54.1 Å². The van der Waals surface area contributed by atoms with Crippen molar-refractivity contribution in [1.82, 2.24) is 19.7 Å². The summed E-state index contributed by atoms with van der Waals surface area (Å²) in [6.45, 7) is 0.405. The SMILES string of the molecule is COc1ccc(-c2nnc(SCC(=O)N(C)Cc3ccc(F)cc3)n2-c2ccccc2)cc1. The van der Waals surface area contributed by atoms with Crippen LogP contribution in [0.3, 0.4) is 0 Å². The molecule has 1 heterocycles. The molecule has 8 heteroatoms. The Hall–Kier alpha value is -3.65. The number of hydrogen-bond donors (Lipinski definition) is 0. The van der Waals surface area contributed by atoms with Crippen molar-refractivity contribution in [1.29, 1.82) is 0 Å². The first-order valence-electron chi connectivity index (χ1n) is 10.3. The second kappa shape index (κ2) is 10.3. The molecular formula is C25H23FN4O2S. The van der Waals surface area contributed by atoms with Crippen molar-refractivity contribution in [2.24, 2.45) is 0 Å². The Kier molecular flexibility index (Phi) is 7.04. The lowest BCUT2D eigenvalue weighted by molar-refractivity contribution is -0.127. The summed E-state index contributed by atoms with van der Waals surface area (Å²) in [5, 5.41) is 9.40. The monoisotopic (exact) mass is 462 g/mol. The Morgan fingerprint density at radius 1 is 1.00 bits per heavy atom. The third-order valence-corrected chi connectivity index (χ3v) is 5.99. The maximum atomic E-state index is 13.1. The zero-order valence-corrected chi connectivity index (χ0v) is 19.1. The number of thioether (sulfide) groups is 1. The molecule has 0 saturated carbocycles. The van der Waals surface area contributed by atoms with Crippen molar-refractivity contribution >= 4 is 17.7 Å². The maximum absolute atomic E-state index is 13.1. The number of aromatic nitrogens is 3. The molecule has 0 N–H and O–H groups in total. The molecule has 3 aromatic carbocycles. The minimum atomic E-state index is -0.295. The Balaban J connectivity index is 1.54. The summed E-state index contributed by atoms with van der Waals surface area (Å²) in [5.41, 5.74) is 2.66. The van der Waals surface area contributed by atoms with Crippen molar-refractivity contribution in [2.45, 2.75) is 11.7 Å². The van der Waals surface area contributed by atoms with E-state index in [2.05, 4.69) is 10.2 Å². The molecule has 0 aliphatic rings. The van der Waals surface area contributed by atoms with E-state index >= 15 is 0 Å². The summed E-state index contributed by atoms with van der Waals surface area (Å²) in [4.78, 5) is 14.4. The number of rotatable bonds is 8. The number of carbonyl (C=O) groups excluding carboxylic acids is 1. The minimum absolute atomic E-state index is 0.0575. The van der Waals surface area contributed by atoms with Crippen molar-refractivity contribution in [2.75, 3.05) is 19.9 Å². The molecule has 1 aromatic heterocycles. The first kappa shape index (κ1) is 22.5. The molecule has 168 valence electrons. The van der Waals surface area contributed by atoms with Crippen molar-refractivity contribution < 1.29 is 13.9 Å². The molecule has 1 amide bonds. The summed E-state index contributed by atoms with van der Waals surface area (Å²) >= 11 is 1.33. The summed E-state index contributed by atoms with van der Waals surface area (Å²) in [5.74, 6) is 1.28. The van der Waals surface area contributed by atoms with Crippen molar-refractivity contribution in [3.05, 3.63) is 90.2 Å². The Morgan fingerprint density at radius 2 is 1.70 bits per heavy atom. The number of methoxy groups -OCH3 is 1. The van der Waals surface area contributed by atoms with Crippen LogP contribution in [-0.4, -0.2) is 45.5 Å². The van der Waals surface area contributed by atoms with Gasteiger partial charge in [-0.2, -0.15) is 0 Å². The molecule has 33 heavy (non-hydrogen) atoms. The lowest BCUT2D eigenvalue weighted by Crippen LogP contribution is -2.27. The number of carbonyl (C=O) groups is 1. The van der Waals surface area contributed by atoms with Gasteiger partial charge in [-0.3, -0.25) is 9.36 Å². The second-order valence-electron chi connectivity index (χ2n) is 7.37. The smallest absolute Gasteiger partial charge is 0.233 e. The molecule has 0 saturated heterocycles. The molecule has 0 fully saturated rings. The van der Waals surface area contributed by atoms with Crippen LogP contribution in [0.25, 0.3) is 17.1 Å². The van der Waals surface area contributed by atoms with E-state index in [-0.39, 0.29) is 17.5 Å². The molecule has 0 atom stereocenters. The Morgan fingerprint density at radius 3 is 2.36 bits per heavy atom. The van der Waals surface area contributed by atoms with E-state index in [1.54, 1.807) is 31.2 Å². The lowest BCUT2D eigenvalue weighted by Gasteiger charge is -2.17. The maximum Gasteiger partial charge on any atom is 0.233 e. The van der Waals surface area contributed by atoms with Gasteiger partial charge in [0.2, 0.25) is 5.91 Å². The van der Waals surface area contributed by atoms with Gasteiger partial charge in [-0.25, -0.2) is 4.39 Å². The quantitative estimate of drug-likeness (QED) is 0.351. The number of hydrogen-bond acceptors (Lipinski definition) is 5. The van der Waals surface area contributed by atoms with Gasteiger partial charge in [0.1, 0.15) is 11.6 Å². The highest BCUT2D eigenvalue weighted by atomic mass is 32.2. The van der Waals surface area contributed by atoms with Gasteiger partial charge in [0.15, 0.2) is 11.0 Å². The Bertz CT molecular complexity index is 1210. The third-order valence-electron chi connectivity index (χ3n) is 5.08. The molecule has 0 aliphatic heterocycles. The van der Waals surface area contributed by atoms with Crippen molar-refractivity contribution in [3.63, 3.8) is 0 Å². The molecule has 0 aliphatic carbocycles. The number of para-hydroxylation sites is 1. The van der Waals surface area contributed by atoms with Crippen LogP contribution in [-0.2, 0) is 11.3 Å². The zero-order valence-electron chi connectivity index (χ0n) is 18.3. The lowest BCUT2D eigenvalue weighted by atomic mass is 10.2. The largest absolute Gasteiger partial charge is 0.497 e. The molecule has 0 bridgehead atoms. The molecule has 0 spiro atoms. The van der Waals surface area contributed by atoms with Crippen LogP contribution in [0.4, 0.5) is 4.39 Å². The molecular weight excluding hydrogens is 439 g/mol. The van der Waals surface area contributed by atoms with Gasteiger partial charge in [-0.15, -0.1) is 10.2 Å². The van der Waals surface area contributed by atoms with Crippen molar-refractivity contribution in [3.8, 4) is 22.8 Å². The van der Waals surface area contributed by atoms with Crippen LogP contribution in [0, 0.1) is 5.82 Å². The van der Waals surface area contributed by atoms with Crippen LogP contribution < -0.4 is 4.74 Å². The van der Waals surface area contributed by atoms with Gasteiger partial charge < -0.3 is 9.64 Å². The summed E-state index contributed by atoms with van der Waals surface area (Å²) in [6, 6.07) is 23.5. The predicted molar refractivity (Wildman–Crippen MR) is 127 cm³/mol. The summed E-state index contributed by atoms with van der Waals surface area (Å²) in [6.07, 6.45) is 0. The minimum Gasteiger partial charge on any atom is -0.497 e. The van der Waals surface area contributed by atoms with Crippen LogP contribution in [0.15, 0.2) is 84.0 Å². The molecule has 4 rings (SSSR count). The van der Waals surface area contributed by atoms with E-state index in [1.807, 2.05) is 59.2 Å². The van der Waals surface area contributed by atoms with E-state index in [1.165, 1.54) is 23.9 Å². The third kappa shape index (κ3) is 5.40. The number of amides is 1. The van der Waals surface area contributed by atoms with Gasteiger partial charge >= 0.3 is 0 Å². The van der Waals surface area contributed by atoms with Crippen LogP contribution in [0.1, 0.15) is 5.56 Å². The highest BCUT2D eigenvalue weighted by molar-refractivity contribution is 7.99. The van der Waals surface area contributed by atoms with E-state index in [0.29, 0.717) is 17.5 Å². The van der Waals surface area contributed by atoms with E-state index in [9.17, 15) is 9.18 Å². The molecule has 0 unspecified atom stereocenters. The highest BCUT2D eigenvalue weighted by Gasteiger charge is 2.18. The topological polar surface area (TPSA) is 60.3 Å². The van der Waals surface area contributed by atoms with E-state index in [4.69, 9.17) is 4.74 Å². The fourth-order valence-corrected chi connectivity index (χ4v) is 4.18. The van der Waals surface area contributed by atoms with Gasteiger partial charge in [0.25, 0.3) is 0 Å². The molecule has 4 aromatic rings. The Labute approximate surface area is 196 Å². The van der Waals surface area contributed by atoms with Gasteiger partial charge in [0.05, 0.1) is 12.9 Å². The summed E-state index contributed by atoms with van der Waals surface area (Å²) in [7, 11) is 3.36. The molecule has 6 nitrogen and oxygen atoms in total. The summed E-state index contributed by atoms with van der Waals surface area (Å²) < 4.78 is 20.3. The number of benzene rings is 3. The number of ether oxygens (including phenoxy) is 1. The van der Waals surface area contributed by atoms with Crippen LogP contribution in [0.5, 0.6) is 5.75 Å². The normalized spacial score (nSPS) is 10.8. The van der Waals surface area contributed by atoms with E-state index in [0.717, 1.165) is 22.6 Å². The van der Waals surface area contributed by atoms with Crippen LogP contribution >= 0.6 is 11.8 Å². The molecule has 0 radical (unpaired) electrons. The standard InChI is InChI=1S/C25H23FN4O2S/c1-29(16-18-8-12-20(26)13-9-18)23(31)17-33-25-28-27-24(19-10-14-22(32-2)15-11-19)30(25)21-6-4-3-5-7-21/h3-15H,16-17H2,1-2H3. The van der Waals surface area contributed by atoms with Gasteiger partial charge in [0, 0.05) is 24.8 Å². The fourth-order valence-electron chi connectivity index (χ4n) is 3.29. The predicted octanol–water partition coefficient (Wildman–Crippen LogP) is 4.83. The second-order valence-corrected chi connectivity index (χ2v) is 8.31. The zero-order chi connectivity index (χ0) is 23.2.